The van der Waals surface area contributed by atoms with E-state index in [9.17, 15) is 0 Å². The molecule has 17 heavy (non-hydrogen) atoms. The molecule has 2 unspecified atom stereocenters. The number of H-pyrrole nitrogens is 1. The molecule has 2 nitrogen and oxygen atoms in total. The lowest BCUT2D eigenvalue weighted by atomic mass is 9.82. The minimum Gasteiger partial charge on any atom is -0.347 e. The van der Waals surface area contributed by atoms with Crippen LogP contribution in [-0.4, -0.2) is 9.97 Å². The average Bonchev–Trinajstić information content (AvgIpc) is 2.28. The Bertz CT molecular complexity index is 424. The van der Waals surface area contributed by atoms with Gasteiger partial charge in [-0.2, -0.15) is 0 Å². The van der Waals surface area contributed by atoms with E-state index in [0.29, 0.717) is 5.92 Å². The van der Waals surface area contributed by atoms with Crippen LogP contribution in [0, 0.1) is 10.6 Å². The maximum atomic E-state index is 5.27. The minimum atomic E-state index is 0.595. The number of aryl methyl sites for hydroxylation is 1. The second-order valence-corrected chi connectivity index (χ2v) is 5.77. The molecule has 3 heteroatoms. The summed E-state index contributed by atoms with van der Waals surface area (Å²) in [6.45, 7) is 4.54. The van der Waals surface area contributed by atoms with Gasteiger partial charge in [0.25, 0.3) is 0 Å². The van der Waals surface area contributed by atoms with Crippen LogP contribution < -0.4 is 0 Å². The predicted molar refractivity (Wildman–Crippen MR) is 73.8 cm³/mol. The van der Waals surface area contributed by atoms with E-state index in [1.807, 2.05) is 6.07 Å². The molecule has 0 bridgehead atoms. The van der Waals surface area contributed by atoms with Crippen LogP contribution in [0.5, 0.6) is 0 Å². The third-order valence-corrected chi connectivity index (χ3v) is 3.87. The zero-order valence-electron chi connectivity index (χ0n) is 10.8. The van der Waals surface area contributed by atoms with Crippen molar-refractivity contribution >= 4 is 12.2 Å². The fourth-order valence-corrected chi connectivity index (χ4v) is 3.05. The molecule has 0 aliphatic heterocycles. The van der Waals surface area contributed by atoms with Gasteiger partial charge in [-0.1, -0.05) is 45.3 Å². The molecule has 94 valence electrons. The Balaban J connectivity index is 2.21. The van der Waals surface area contributed by atoms with Gasteiger partial charge >= 0.3 is 0 Å². The van der Waals surface area contributed by atoms with Crippen molar-refractivity contribution in [1.29, 1.82) is 0 Å². The summed E-state index contributed by atoms with van der Waals surface area (Å²) in [5, 5.41) is 0. The number of rotatable bonds is 3. The molecule has 2 atom stereocenters. The van der Waals surface area contributed by atoms with Gasteiger partial charge in [0.15, 0.2) is 0 Å². The second kappa shape index (κ2) is 5.76. The Morgan fingerprint density at radius 2 is 2.29 bits per heavy atom. The van der Waals surface area contributed by atoms with Crippen LogP contribution in [0.3, 0.4) is 0 Å². The van der Waals surface area contributed by atoms with Gasteiger partial charge in [0, 0.05) is 11.6 Å². The van der Waals surface area contributed by atoms with Gasteiger partial charge in [-0.25, -0.2) is 4.98 Å². The largest absolute Gasteiger partial charge is 0.347 e. The summed E-state index contributed by atoms with van der Waals surface area (Å²) in [7, 11) is 0. The van der Waals surface area contributed by atoms with Crippen molar-refractivity contribution in [1.82, 2.24) is 9.97 Å². The number of nitrogens with zero attached hydrogens (tertiary/aromatic N) is 1. The van der Waals surface area contributed by atoms with Gasteiger partial charge in [0.05, 0.1) is 0 Å². The highest BCUT2D eigenvalue weighted by Crippen LogP contribution is 2.34. The Kier molecular flexibility index (Phi) is 4.32. The number of hydrogen-bond donors (Lipinski definition) is 1. The maximum Gasteiger partial charge on any atom is 0.129 e. The van der Waals surface area contributed by atoms with E-state index in [0.717, 1.165) is 29.2 Å². The van der Waals surface area contributed by atoms with E-state index >= 15 is 0 Å². The van der Waals surface area contributed by atoms with Crippen LogP contribution in [0.1, 0.15) is 63.4 Å². The quantitative estimate of drug-likeness (QED) is 0.806. The molecule has 0 spiro atoms. The van der Waals surface area contributed by atoms with Gasteiger partial charge in [-0.15, -0.1) is 0 Å². The van der Waals surface area contributed by atoms with Crippen molar-refractivity contribution in [3.63, 3.8) is 0 Å². The number of aromatic amines is 1. The smallest absolute Gasteiger partial charge is 0.129 e. The molecule has 0 amide bonds. The first kappa shape index (κ1) is 12.7. The summed E-state index contributed by atoms with van der Waals surface area (Å²) in [6.07, 6.45) is 7.43. The molecule has 1 fully saturated rings. The van der Waals surface area contributed by atoms with E-state index < -0.39 is 0 Å². The van der Waals surface area contributed by atoms with Crippen LogP contribution in [0.4, 0.5) is 0 Å². The van der Waals surface area contributed by atoms with Gasteiger partial charge in [-0.05, 0) is 31.2 Å². The topological polar surface area (TPSA) is 28.7 Å². The first-order valence-electron chi connectivity index (χ1n) is 6.79. The lowest BCUT2D eigenvalue weighted by Crippen LogP contribution is -2.15. The van der Waals surface area contributed by atoms with Crippen molar-refractivity contribution in [2.45, 2.75) is 58.3 Å². The monoisotopic (exact) mass is 250 g/mol. The zero-order chi connectivity index (χ0) is 12.3. The number of aromatic nitrogens is 2. The summed E-state index contributed by atoms with van der Waals surface area (Å²) in [5.74, 6) is 2.55. The van der Waals surface area contributed by atoms with Crippen LogP contribution in [0.2, 0.25) is 0 Å². The minimum absolute atomic E-state index is 0.595. The molecule has 0 radical (unpaired) electrons. The van der Waals surface area contributed by atoms with Gasteiger partial charge in [-0.3, -0.25) is 0 Å². The maximum absolute atomic E-state index is 5.27. The average molecular weight is 250 g/mol. The summed E-state index contributed by atoms with van der Waals surface area (Å²) in [4.78, 5) is 8.03. The first-order valence-corrected chi connectivity index (χ1v) is 7.20. The van der Waals surface area contributed by atoms with E-state index in [-0.39, 0.29) is 0 Å². The molecule has 1 aromatic heterocycles. The molecule has 0 aromatic carbocycles. The van der Waals surface area contributed by atoms with E-state index in [1.54, 1.807) is 0 Å². The predicted octanol–water partition coefficient (Wildman–Crippen LogP) is 4.39. The van der Waals surface area contributed by atoms with Crippen molar-refractivity contribution in [2.75, 3.05) is 0 Å². The SMILES string of the molecule is CCCc1cc(=S)nc(C2CCCC(C)C2)[nH]1. The second-order valence-electron chi connectivity index (χ2n) is 5.35. The van der Waals surface area contributed by atoms with Crippen LogP contribution in [0.25, 0.3) is 0 Å². The molecule has 1 aromatic rings. The fraction of sp³-hybridized carbons (Fsp3) is 0.714. The standard InChI is InChI=1S/C14H22N2S/c1-3-5-12-9-13(17)16-14(15-12)11-7-4-6-10(2)8-11/h9-11H,3-8H2,1-2H3,(H,15,16,17). The Hall–Kier alpha value is -0.700. The Labute approximate surface area is 109 Å². The third-order valence-electron chi connectivity index (χ3n) is 3.66. The van der Waals surface area contributed by atoms with E-state index in [1.165, 1.54) is 31.4 Å². The summed E-state index contributed by atoms with van der Waals surface area (Å²) >= 11 is 5.27. The summed E-state index contributed by atoms with van der Waals surface area (Å²) in [5.41, 5.74) is 1.25. The van der Waals surface area contributed by atoms with Crippen molar-refractivity contribution in [3.8, 4) is 0 Å². The lowest BCUT2D eigenvalue weighted by Gasteiger charge is -2.26. The molecule has 0 saturated heterocycles. The highest BCUT2D eigenvalue weighted by molar-refractivity contribution is 7.71. The number of nitrogens with one attached hydrogen (secondary N) is 1. The van der Waals surface area contributed by atoms with Gasteiger partial charge in [0.1, 0.15) is 10.5 Å². The Morgan fingerprint density at radius 1 is 1.47 bits per heavy atom. The molecular formula is C14H22N2S. The van der Waals surface area contributed by atoms with Crippen molar-refractivity contribution < 1.29 is 0 Å². The zero-order valence-corrected chi connectivity index (χ0v) is 11.6. The lowest BCUT2D eigenvalue weighted by molar-refractivity contribution is 0.334. The summed E-state index contributed by atoms with van der Waals surface area (Å²) in [6, 6.07) is 2.01. The molecular weight excluding hydrogens is 228 g/mol. The van der Waals surface area contributed by atoms with E-state index in [2.05, 4.69) is 23.8 Å². The van der Waals surface area contributed by atoms with Crippen LogP contribution in [-0.2, 0) is 6.42 Å². The molecule has 1 saturated carbocycles. The van der Waals surface area contributed by atoms with E-state index in [4.69, 9.17) is 12.2 Å². The van der Waals surface area contributed by atoms with Gasteiger partial charge in [0.2, 0.25) is 0 Å². The molecule has 1 N–H and O–H groups in total. The van der Waals surface area contributed by atoms with Gasteiger partial charge < -0.3 is 4.98 Å². The Morgan fingerprint density at radius 3 is 3.00 bits per heavy atom. The van der Waals surface area contributed by atoms with Crippen LogP contribution in [0.15, 0.2) is 6.07 Å². The summed E-state index contributed by atoms with van der Waals surface area (Å²) < 4.78 is 0.750. The first-order chi connectivity index (χ1) is 8.19. The highest BCUT2D eigenvalue weighted by Gasteiger charge is 2.22. The van der Waals surface area contributed by atoms with Crippen LogP contribution >= 0.6 is 12.2 Å². The highest BCUT2D eigenvalue weighted by atomic mass is 32.1. The van der Waals surface area contributed by atoms with Crippen molar-refractivity contribution in [3.05, 3.63) is 22.2 Å². The fourth-order valence-electron chi connectivity index (χ4n) is 2.81. The molecule has 2 rings (SSSR count). The van der Waals surface area contributed by atoms with Crippen molar-refractivity contribution in [2.24, 2.45) is 5.92 Å². The molecule has 1 aliphatic carbocycles. The molecule has 1 aliphatic rings. The molecule has 1 heterocycles. The third kappa shape index (κ3) is 3.38. The number of hydrogen-bond acceptors (Lipinski definition) is 2. The normalized spacial score (nSPS) is 24.8.